The highest BCUT2D eigenvalue weighted by atomic mass is 35.5. The molecule has 0 aliphatic heterocycles. The van der Waals surface area contributed by atoms with Crippen molar-refractivity contribution in [3.8, 4) is 11.6 Å². The van der Waals surface area contributed by atoms with Gasteiger partial charge < -0.3 is 10.1 Å². The van der Waals surface area contributed by atoms with E-state index in [9.17, 15) is 9.18 Å². The van der Waals surface area contributed by atoms with Crippen molar-refractivity contribution in [3.05, 3.63) is 65.6 Å². The lowest BCUT2D eigenvalue weighted by Crippen LogP contribution is -2.25. The van der Waals surface area contributed by atoms with E-state index in [4.69, 9.17) is 16.3 Å². The van der Waals surface area contributed by atoms with Crippen LogP contribution in [0.2, 0.25) is 5.02 Å². The molecule has 26 heavy (non-hydrogen) atoms. The molecular weight excluding hydrogens is 361 g/mol. The summed E-state index contributed by atoms with van der Waals surface area (Å²) in [5, 5.41) is 7.01. The number of ether oxygens (including phenoxy) is 1. The van der Waals surface area contributed by atoms with E-state index in [2.05, 4.69) is 20.4 Å². The van der Waals surface area contributed by atoms with Crippen LogP contribution in [0, 0.1) is 5.82 Å². The average Bonchev–Trinajstić information content (AvgIpc) is 3.16. The predicted octanol–water partition coefficient (Wildman–Crippen LogP) is 2.54. The Bertz CT molecular complexity index is 889. The number of nitrogens with one attached hydrogen (secondary N) is 1. The Morgan fingerprint density at radius 1 is 1.35 bits per heavy atom. The van der Waals surface area contributed by atoms with Gasteiger partial charge >= 0.3 is 0 Å². The third-order valence-corrected chi connectivity index (χ3v) is 3.76. The molecule has 134 valence electrons. The second-order valence-corrected chi connectivity index (χ2v) is 5.68. The summed E-state index contributed by atoms with van der Waals surface area (Å²) in [5.41, 5.74) is 0.800. The van der Waals surface area contributed by atoms with Crippen LogP contribution in [0.15, 0.2) is 49.2 Å². The van der Waals surface area contributed by atoms with Crippen LogP contribution in [0.25, 0.3) is 5.82 Å². The van der Waals surface area contributed by atoms with Crippen LogP contribution < -0.4 is 10.1 Å². The van der Waals surface area contributed by atoms with E-state index >= 15 is 0 Å². The Morgan fingerprint density at radius 3 is 3.00 bits per heavy atom. The van der Waals surface area contributed by atoms with Gasteiger partial charge in [0.25, 0.3) is 0 Å². The zero-order valence-electron chi connectivity index (χ0n) is 13.6. The Hall–Kier alpha value is -3.00. The van der Waals surface area contributed by atoms with E-state index in [1.807, 2.05) is 6.07 Å². The van der Waals surface area contributed by atoms with E-state index in [0.717, 1.165) is 11.6 Å². The molecule has 1 aromatic carbocycles. The molecule has 0 saturated carbocycles. The summed E-state index contributed by atoms with van der Waals surface area (Å²) in [6.45, 7) is 0.416. The maximum Gasteiger partial charge on any atom is 0.223 e. The van der Waals surface area contributed by atoms with Crippen molar-refractivity contribution < 1.29 is 13.9 Å². The van der Waals surface area contributed by atoms with Crippen molar-refractivity contribution in [1.29, 1.82) is 0 Å². The normalized spacial score (nSPS) is 10.5. The van der Waals surface area contributed by atoms with Gasteiger partial charge in [0.15, 0.2) is 5.82 Å². The number of carbonyl (C=O) groups is 1. The molecule has 9 heteroatoms. The van der Waals surface area contributed by atoms with Crippen molar-refractivity contribution in [2.45, 2.75) is 13.0 Å². The minimum atomic E-state index is -0.445. The summed E-state index contributed by atoms with van der Waals surface area (Å²) < 4.78 is 19.9. The van der Waals surface area contributed by atoms with Crippen LogP contribution in [0.3, 0.4) is 0 Å². The molecular formula is C17H15ClFN5O2. The zero-order valence-corrected chi connectivity index (χ0v) is 14.4. The van der Waals surface area contributed by atoms with Crippen LogP contribution in [-0.4, -0.2) is 32.3 Å². The molecule has 2 aromatic heterocycles. The lowest BCUT2D eigenvalue weighted by atomic mass is 10.2. The summed E-state index contributed by atoms with van der Waals surface area (Å²) in [7, 11) is 0. The standard InChI is InChI=1S/C17H15ClFN5O2/c18-14-8-13(19)3-4-15(14)26-7-5-16(25)22-9-12-2-1-6-21-17(12)24-11-20-10-23-24/h1-4,6,8,10-11H,5,7,9H2,(H,22,25). The van der Waals surface area contributed by atoms with Gasteiger partial charge in [-0.15, -0.1) is 0 Å². The first kappa shape index (κ1) is 17.8. The number of aromatic nitrogens is 4. The quantitative estimate of drug-likeness (QED) is 0.686. The predicted molar refractivity (Wildman–Crippen MR) is 92.5 cm³/mol. The number of rotatable bonds is 7. The molecule has 0 radical (unpaired) electrons. The molecule has 0 fully saturated rings. The second kappa shape index (κ2) is 8.39. The van der Waals surface area contributed by atoms with Gasteiger partial charge in [-0.05, 0) is 24.3 Å². The van der Waals surface area contributed by atoms with Gasteiger partial charge in [-0.3, -0.25) is 4.79 Å². The highest BCUT2D eigenvalue weighted by Crippen LogP contribution is 2.24. The fourth-order valence-electron chi connectivity index (χ4n) is 2.22. The molecule has 0 saturated heterocycles. The number of pyridine rings is 1. The first-order valence-corrected chi connectivity index (χ1v) is 8.15. The third-order valence-electron chi connectivity index (χ3n) is 3.46. The van der Waals surface area contributed by atoms with Gasteiger partial charge in [-0.2, -0.15) is 5.10 Å². The number of amides is 1. The fourth-order valence-corrected chi connectivity index (χ4v) is 2.44. The monoisotopic (exact) mass is 375 g/mol. The topological polar surface area (TPSA) is 81.9 Å². The minimum Gasteiger partial charge on any atom is -0.491 e. The Balaban J connectivity index is 1.50. The summed E-state index contributed by atoms with van der Waals surface area (Å²) >= 11 is 5.87. The number of hydrogen-bond acceptors (Lipinski definition) is 5. The van der Waals surface area contributed by atoms with Gasteiger partial charge in [0, 0.05) is 18.3 Å². The molecule has 3 aromatic rings. The molecule has 1 N–H and O–H groups in total. The van der Waals surface area contributed by atoms with Crippen molar-refractivity contribution in [1.82, 2.24) is 25.1 Å². The van der Waals surface area contributed by atoms with Crippen LogP contribution in [0.5, 0.6) is 5.75 Å². The zero-order chi connectivity index (χ0) is 18.4. The first-order chi connectivity index (χ1) is 12.6. The summed E-state index contributed by atoms with van der Waals surface area (Å²) in [5.74, 6) is 0.289. The summed E-state index contributed by atoms with van der Waals surface area (Å²) in [6, 6.07) is 7.45. The molecule has 2 heterocycles. The molecule has 0 aliphatic carbocycles. The molecule has 0 bridgehead atoms. The highest BCUT2D eigenvalue weighted by Gasteiger charge is 2.09. The Morgan fingerprint density at radius 2 is 2.23 bits per heavy atom. The van der Waals surface area contributed by atoms with Crippen molar-refractivity contribution in [3.63, 3.8) is 0 Å². The average molecular weight is 376 g/mol. The highest BCUT2D eigenvalue weighted by molar-refractivity contribution is 6.32. The summed E-state index contributed by atoms with van der Waals surface area (Å²) in [4.78, 5) is 20.2. The van der Waals surface area contributed by atoms with Crippen LogP contribution in [0.4, 0.5) is 4.39 Å². The molecule has 7 nitrogen and oxygen atoms in total. The number of benzene rings is 1. The number of nitrogens with zero attached hydrogens (tertiary/aromatic N) is 4. The lowest BCUT2D eigenvalue weighted by Gasteiger charge is -2.10. The van der Waals surface area contributed by atoms with E-state index in [1.54, 1.807) is 12.3 Å². The summed E-state index contributed by atoms with van der Waals surface area (Å²) in [6.07, 6.45) is 4.72. The second-order valence-electron chi connectivity index (χ2n) is 5.28. The SMILES string of the molecule is O=C(CCOc1ccc(F)cc1Cl)NCc1cccnc1-n1cncn1. The lowest BCUT2D eigenvalue weighted by molar-refractivity contribution is -0.121. The van der Waals surface area contributed by atoms with Crippen LogP contribution >= 0.6 is 11.6 Å². The third kappa shape index (κ3) is 4.54. The van der Waals surface area contributed by atoms with Gasteiger partial charge in [-0.25, -0.2) is 19.0 Å². The van der Waals surface area contributed by atoms with Crippen molar-refractivity contribution in [2.75, 3.05) is 6.61 Å². The fraction of sp³-hybridized carbons (Fsp3) is 0.176. The maximum absolute atomic E-state index is 13.0. The first-order valence-electron chi connectivity index (χ1n) is 7.77. The Labute approximate surface area is 153 Å². The van der Waals surface area contributed by atoms with E-state index in [-0.39, 0.29) is 24.0 Å². The van der Waals surface area contributed by atoms with E-state index < -0.39 is 5.82 Å². The molecule has 0 spiro atoms. The van der Waals surface area contributed by atoms with E-state index in [1.165, 1.54) is 29.5 Å². The van der Waals surface area contributed by atoms with Crippen molar-refractivity contribution in [2.24, 2.45) is 0 Å². The van der Waals surface area contributed by atoms with Gasteiger partial charge in [-0.1, -0.05) is 17.7 Å². The van der Waals surface area contributed by atoms with Gasteiger partial charge in [0.1, 0.15) is 24.2 Å². The molecule has 0 atom stereocenters. The Kier molecular flexibility index (Phi) is 5.75. The molecule has 3 rings (SSSR count). The number of halogens is 2. The van der Waals surface area contributed by atoms with Gasteiger partial charge in [0.2, 0.25) is 5.91 Å². The largest absolute Gasteiger partial charge is 0.491 e. The maximum atomic E-state index is 13.0. The number of hydrogen-bond donors (Lipinski definition) is 1. The van der Waals surface area contributed by atoms with Crippen LogP contribution in [0.1, 0.15) is 12.0 Å². The minimum absolute atomic E-state index is 0.125. The molecule has 1 amide bonds. The van der Waals surface area contributed by atoms with Crippen LogP contribution in [-0.2, 0) is 11.3 Å². The van der Waals surface area contributed by atoms with E-state index in [0.29, 0.717) is 18.1 Å². The van der Waals surface area contributed by atoms with Crippen molar-refractivity contribution >= 4 is 17.5 Å². The molecule has 0 unspecified atom stereocenters. The van der Waals surface area contributed by atoms with Gasteiger partial charge in [0.05, 0.1) is 18.1 Å². The molecule has 0 aliphatic rings. The smallest absolute Gasteiger partial charge is 0.223 e. The number of carbonyl (C=O) groups excluding carboxylic acids is 1.